The highest BCUT2D eigenvalue weighted by Gasteiger charge is 2.39. The topological polar surface area (TPSA) is 40.5 Å². The molecule has 0 aliphatic heterocycles. The zero-order valence-corrected chi connectivity index (χ0v) is 18.0. The van der Waals surface area contributed by atoms with E-state index < -0.39 is 11.2 Å². The van der Waals surface area contributed by atoms with E-state index in [1.54, 1.807) is 19.9 Å². The van der Waals surface area contributed by atoms with Gasteiger partial charge in [-0.3, -0.25) is 0 Å². The van der Waals surface area contributed by atoms with Gasteiger partial charge >= 0.3 is 0 Å². The number of hydrogen-bond donors (Lipinski definition) is 2. The van der Waals surface area contributed by atoms with E-state index in [0.717, 1.165) is 18.4 Å². The molecule has 28 heavy (non-hydrogen) atoms. The molecular formula is C26H40O2. The van der Waals surface area contributed by atoms with Crippen molar-refractivity contribution in [1.29, 1.82) is 0 Å². The molecule has 2 atom stereocenters. The Morgan fingerprint density at radius 2 is 1.14 bits per heavy atom. The zero-order chi connectivity index (χ0) is 20.3. The SMILES string of the molecule is CC1(O)C=CC(CCCCCCCCCCCCc2ccccc2)=CC1(C)O. The van der Waals surface area contributed by atoms with Gasteiger partial charge in [0.1, 0.15) is 11.2 Å². The van der Waals surface area contributed by atoms with E-state index in [9.17, 15) is 10.2 Å². The summed E-state index contributed by atoms with van der Waals surface area (Å²) in [6.07, 6.45) is 20.9. The molecule has 0 radical (unpaired) electrons. The summed E-state index contributed by atoms with van der Waals surface area (Å²) in [7, 11) is 0. The Balaban J connectivity index is 1.40. The fourth-order valence-corrected chi connectivity index (χ4v) is 3.87. The van der Waals surface area contributed by atoms with Gasteiger partial charge in [-0.2, -0.15) is 0 Å². The molecule has 0 fully saturated rings. The van der Waals surface area contributed by atoms with Crippen LogP contribution in [0.15, 0.2) is 54.1 Å². The van der Waals surface area contributed by atoms with Gasteiger partial charge in [0.2, 0.25) is 0 Å². The van der Waals surface area contributed by atoms with Crippen LogP contribution in [0.5, 0.6) is 0 Å². The summed E-state index contributed by atoms with van der Waals surface area (Å²) in [5.74, 6) is 0. The molecule has 1 aromatic rings. The number of allylic oxidation sites excluding steroid dienone is 2. The van der Waals surface area contributed by atoms with Gasteiger partial charge in [0.25, 0.3) is 0 Å². The van der Waals surface area contributed by atoms with Crippen LogP contribution in [0.3, 0.4) is 0 Å². The van der Waals surface area contributed by atoms with Crippen molar-refractivity contribution in [3.05, 3.63) is 59.7 Å². The summed E-state index contributed by atoms with van der Waals surface area (Å²) in [4.78, 5) is 0. The summed E-state index contributed by atoms with van der Waals surface area (Å²) in [6, 6.07) is 10.8. The van der Waals surface area contributed by atoms with Crippen LogP contribution < -0.4 is 0 Å². The number of aliphatic hydroxyl groups is 2. The van der Waals surface area contributed by atoms with Crippen molar-refractivity contribution in [2.75, 3.05) is 0 Å². The van der Waals surface area contributed by atoms with Crippen LogP contribution in [0.25, 0.3) is 0 Å². The van der Waals surface area contributed by atoms with Crippen LogP contribution in [0.2, 0.25) is 0 Å². The molecule has 0 bridgehead atoms. The molecule has 0 saturated carbocycles. The molecular weight excluding hydrogens is 344 g/mol. The van der Waals surface area contributed by atoms with Crippen molar-refractivity contribution in [3.8, 4) is 0 Å². The third-order valence-corrected chi connectivity index (χ3v) is 6.14. The number of benzene rings is 1. The Morgan fingerprint density at radius 3 is 1.68 bits per heavy atom. The fraction of sp³-hybridized carbons (Fsp3) is 0.615. The minimum Gasteiger partial charge on any atom is -0.383 e. The molecule has 2 nitrogen and oxygen atoms in total. The molecule has 1 aromatic carbocycles. The molecule has 0 spiro atoms. The first-order valence-corrected chi connectivity index (χ1v) is 11.3. The summed E-state index contributed by atoms with van der Waals surface area (Å²) in [5, 5.41) is 20.5. The van der Waals surface area contributed by atoms with Crippen LogP contribution in [0, 0.1) is 0 Å². The largest absolute Gasteiger partial charge is 0.383 e. The molecule has 0 amide bonds. The molecule has 2 rings (SSSR count). The first-order valence-electron chi connectivity index (χ1n) is 11.3. The van der Waals surface area contributed by atoms with Crippen molar-refractivity contribution >= 4 is 0 Å². The van der Waals surface area contributed by atoms with Gasteiger partial charge in [-0.05, 0) is 62.8 Å². The second-order valence-corrected chi connectivity index (χ2v) is 8.87. The van der Waals surface area contributed by atoms with Gasteiger partial charge < -0.3 is 10.2 Å². The third kappa shape index (κ3) is 7.93. The monoisotopic (exact) mass is 384 g/mol. The fourth-order valence-electron chi connectivity index (χ4n) is 3.87. The molecule has 2 heteroatoms. The van der Waals surface area contributed by atoms with E-state index in [2.05, 4.69) is 30.3 Å². The van der Waals surface area contributed by atoms with Crippen molar-refractivity contribution in [2.24, 2.45) is 0 Å². The molecule has 1 aliphatic rings. The van der Waals surface area contributed by atoms with Gasteiger partial charge in [-0.25, -0.2) is 0 Å². The average Bonchev–Trinajstić information content (AvgIpc) is 2.66. The quantitative estimate of drug-likeness (QED) is 0.380. The van der Waals surface area contributed by atoms with Gasteiger partial charge in [-0.15, -0.1) is 0 Å². The van der Waals surface area contributed by atoms with Crippen molar-refractivity contribution < 1.29 is 10.2 Å². The predicted molar refractivity (Wildman–Crippen MR) is 119 cm³/mol. The van der Waals surface area contributed by atoms with Crippen LogP contribution in [0.1, 0.15) is 90.0 Å². The molecule has 1 aliphatic carbocycles. The smallest absolute Gasteiger partial charge is 0.112 e. The lowest BCUT2D eigenvalue weighted by molar-refractivity contribution is -0.0705. The maximum atomic E-state index is 10.3. The Morgan fingerprint density at radius 1 is 0.643 bits per heavy atom. The van der Waals surface area contributed by atoms with Crippen LogP contribution in [-0.2, 0) is 6.42 Å². The Kier molecular flexibility index (Phi) is 9.47. The first-order chi connectivity index (χ1) is 13.4. The van der Waals surface area contributed by atoms with E-state index in [0.29, 0.717) is 0 Å². The maximum Gasteiger partial charge on any atom is 0.112 e. The highest BCUT2D eigenvalue weighted by molar-refractivity contribution is 5.34. The average molecular weight is 385 g/mol. The lowest BCUT2D eigenvalue weighted by atomic mass is 9.79. The second-order valence-electron chi connectivity index (χ2n) is 8.87. The lowest BCUT2D eigenvalue weighted by Gasteiger charge is -2.37. The molecule has 2 unspecified atom stereocenters. The van der Waals surface area contributed by atoms with Gasteiger partial charge in [-0.1, -0.05) is 87.8 Å². The first kappa shape index (κ1) is 22.9. The molecule has 156 valence electrons. The molecule has 0 saturated heterocycles. The number of hydrogen-bond acceptors (Lipinski definition) is 2. The second kappa shape index (κ2) is 11.6. The highest BCUT2D eigenvalue weighted by Crippen LogP contribution is 2.32. The Hall–Kier alpha value is -1.38. The summed E-state index contributed by atoms with van der Waals surface area (Å²) < 4.78 is 0. The predicted octanol–water partition coefficient (Wildman–Crippen LogP) is 6.52. The summed E-state index contributed by atoms with van der Waals surface area (Å²) >= 11 is 0. The van der Waals surface area contributed by atoms with E-state index >= 15 is 0 Å². The summed E-state index contributed by atoms with van der Waals surface area (Å²) in [6.45, 7) is 3.33. The maximum absolute atomic E-state index is 10.3. The zero-order valence-electron chi connectivity index (χ0n) is 18.0. The van der Waals surface area contributed by atoms with Crippen LogP contribution in [0.4, 0.5) is 0 Å². The van der Waals surface area contributed by atoms with E-state index in [4.69, 9.17) is 0 Å². The third-order valence-electron chi connectivity index (χ3n) is 6.14. The highest BCUT2D eigenvalue weighted by atomic mass is 16.4. The standard InChI is InChI=1S/C26H40O2/c1-25(27)21-20-24(22-26(25,2)28)19-13-10-8-6-4-3-5-7-9-12-16-23-17-14-11-15-18-23/h11,14-15,17-18,20-22,27-28H,3-10,12-13,16,19H2,1-2H3. The van der Waals surface area contributed by atoms with Gasteiger partial charge in [0.15, 0.2) is 0 Å². The minimum absolute atomic E-state index is 0.990. The number of aryl methyl sites for hydroxylation is 1. The van der Waals surface area contributed by atoms with Crippen LogP contribution >= 0.6 is 0 Å². The van der Waals surface area contributed by atoms with E-state index in [1.807, 2.05) is 12.2 Å². The number of unbranched alkanes of at least 4 members (excludes halogenated alkanes) is 9. The summed E-state index contributed by atoms with van der Waals surface area (Å²) in [5.41, 5.74) is 0.277. The Bertz CT molecular complexity index is 611. The van der Waals surface area contributed by atoms with Crippen molar-refractivity contribution in [1.82, 2.24) is 0 Å². The van der Waals surface area contributed by atoms with Crippen LogP contribution in [-0.4, -0.2) is 21.4 Å². The molecule has 2 N–H and O–H groups in total. The molecule has 0 heterocycles. The molecule has 0 aromatic heterocycles. The van der Waals surface area contributed by atoms with Crippen molar-refractivity contribution in [3.63, 3.8) is 0 Å². The number of rotatable bonds is 13. The van der Waals surface area contributed by atoms with E-state index in [1.165, 1.54) is 69.8 Å². The minimum atomic E-state index is -1.17. The van der Waals surface area contributed by atoms with Crippen molar-refractivity contribution in [2.45, 2.75) is 102 Å². The van der Waals surface area contributed by atoms with E-state index in [-0.39, 0.29) is 0 Å². The lowest BCUT2D eigenvalue weighted by Crippen LogP contribution is -2.48. The normalized spacial score (nSPS) is 24.4. The van der Waals surface area contributed by atoms with Gasteiger partial charge in [0, 0.05) is 0 Å². The van der Waals surface area contributed by atoms with Gasteiger partial charge in [0.05, 0.1) is 0 Å². The Labute approximate surface area is 172 Å².